The third kappa shape index (κ3) is 4.22. The first-order valence-electron chi connectivity index (χ1n) is 11.1. The van der Waals surface area contributed by atoms with Gasteiger partial charge in [0, 0.05) is 17.5 Å². The number of carbonyl (C=O) groups is 1. The minimum Gasteiger partial charge on any atom is -0.465 e. The van der Waals surface area contributed by atoms with Crippen molar-refractivity contribution in [2.75, 3.05) is 12.4 Å². The van der Waals surface area contributed by atoms with E-state index in [1.54, 1.807) is 11.5 Å². The Morgan fingerprint density at radius 2 is 2.00 bits per heavy atom. The van der Waals surface area contributed by atoms with Gasteiger partial charge in [0.25, 0.3) is 5.56 Å². The highest BCUT2D eigenvalue weighted by molar-refractivity contribution is 7.99. The molecule has 6 heteroatoms. The minimum absolute atomic E-state index is 0.0239. The monoisotopic (exact) mass is 438 g/mol. The van der Waals surface area contributed by atoms with Gasteiger partial charge in [-0.05, 0) is 38.7 Å². The van der Waals surface area contributed by atoms with Gasteiger partial charge in [-0.3, -0.25) is 14.2 Å². The number of carbonyl (C=O) groups excluding carboxylic acids is 1. The Balaban J connectivity index is 1.90. The third-order valence-corrected chi connectivity index (χ3v) is 7.28. The summed E-state index contributed by atoms with van der Waals surface area (Å²) in [6.07, 6.45) is 6.44. The van der Waals surface area contributed by atoms with Crippen LogP contribution in [0.1, 0.15) is 57.1 Å². The van der Waals surface area contributed by atoms with E-state index in [2.05, 4.69) is 24.8 Å². The van der Waals surface area contributed by atoms with Crippen molar-refractivity contribution in [3.8, 4) is 11.3 Å². The quantitative estimate of drug-likeness (QED) is 0.278. The molecular formula is C25H30N2O3S. The van der Waals surface area contributed by atoms with Crippen molar-refractivity contribution < 1.29 is 9.53 Å². The second-order valence-electron chi connectivity index (χ2n) is 8.73. The third-order valence-electron chi connectivity index (χ3n) is 6.33. The lowest BCUT2D eigenvalue weighted by atomic mass is 9.62. The fourth-order valence-electron chi connectivity index (χ4n) is 5.07. The summed E-state index contributed by atoms with van der Waals surface area (Å²) in [6, 6.07) is 8.31. The molecule has 0 saturated heterocycles. The van der Waals surface area contributed by atoms with Crippen LogP contribution in [0.15, 0.2) is 46.4 Å². The lowest BCUT2D eigenvalue weighted by molar-refractivity contribution is -0.139. The number of aromatic nitrogens is 2. The molecule has 0 radical (unpaired) electrons. The van der Waals surface area contributed by atoms with Crippen molar-refractivity contribution in [3.05, 3.63) is 57.9 Å². The second kappa shape index (κ2) is 9.03. The van der Waals surface area contributed by atoms with Crippen LogP contribution >= 0.6 is 11.8 Å². The molecule has 1 aromatic carbocycles. The summed E-state index contributed by atoms with van der Waals surface area (Å²) in [5, 5.41) is 0.558. The lowest BCUT2D eigenvalue weighted by Crippen LogP contribution is -2.43. The number of ether oxygens (including phenoxy) is 1. The number of hydrogen-bond donors (Lipinski definition) is 0. The standard InChI is InChI=1S/C25H30N2O3S/c1-4-30-20(28)16-31-24-26-22-19-11-7-6-10-18(19)14-25(12-8-5-9-13-25)21(22)23(29)27(24)15-17(2)3/h6-7,10-11H,2,4-5,8-9,12-16H2,1,3H3. The van der Waals surface area contributed by atoms with Crippen molar-refractivity contribution in [1.82, 2.24) is 9.55 Å². The van der Waals surface area contributed by atoms with Crippen LogP contribution in [0.2, 0.25) is 0 Å². The van der Waals surface area contributed by atoms with Gasteiger partial charge in [0.05, 0.1) is 23.6 Å². The number of fused-ring (bicyclic) bond motifs is 4. The van der Waals surface area contributed by atoms with E-state index in [0.29, 0.717) is 18.3 Å². The number of hydrogen-bond acceptors (Lipinski definition) is 5. The Kier molecular flexibility index (Phi) is 6.37. The zero-order valence-electron chi connectivity index (χ0n) is 18.4. The molecule has 1 fully saturated rings. The predicted octanol–water partition coefficient (Wildman–Crippen LogP) is 4.90. The van der Waals surface area contributed by atoms with Crippen LogP contribution < -0.4 is 5.56 Å². The van der Waals surface area contributed by atoms with Gasteiger partial charge in [0.15, 0.2) is 5.16 Å². The summed E-state index contributed by atoms with van der Waals surface area (Å²) < 4.78 is 6.80. The number of benzene rings is 1. The Labute approximate surface area is 187 Å². The fraction of sp³-hybridized carbons (Fsp3) is 0.480. The van der Waals surface area contributed by atoms with Crippen LogP contribution in [0.4, 0.5) is 0 Å². The van der Waals surface area contributed by atoms with Crippen LogP contribution in [0.25, 0.3) is 11.3 Å². The van der Waals surface area contributed by atoms with Crippen molar-refractivity contribution >= 4 is 17.7 Å². The van der Waals surface area contributed by atoms with Crippen LogP contribution in [-0.4, -0.2) is 27.9 Å². The van der Waals surface area contributed by atoms with Crippen LogP contribution in [-0.2, 0) is 27.9 Å². The first kappa shape index (κ1) is 21.9. The highest BCUT2D eigenvalue weighted by Crippen LogP contribution is 2.48. The molecule has 0 unspecified atom stereocenters. The topological polar surface area (TPSA) is 61.2 Å². The summed E-state index contributed by atoms with van der Waals surface area (Å²) in [7, 11) is 0. The number of nitrogens with zero attached hydrogens (tertiary/aromatic N) is 2. The Morgan fingerprint density at radius 1 is 1.26 bits per heavy atom. The molecule has 0 bridgehead atoms. The molecule has 2 aliphatic rings. The summed E-state index contributed by atoms with van der Waals surface area (Å²) in [5.41, 5.74) is 4.75. The molecule has 2 aliphatic carbocycles. The zero-order chi connectivity index (χ0) is 22.0. The maximum Gasteiger partial charge on any atom is 0.316 e. The zero-order valence-corrected chi connectivity index (χ0v) is 19.2. The molecule has 5 nitrogen and oxygen atoms in total. The molecule has 0 N–H and O–H groups in total. The Morgan fingerprint density at radius 3 is 2.71 bits per heavy atom. The fourth-order valence-corrected chi connectivity index (χ4v) is 5.86. The molecule has 1 heterocycles. The maximum atomic E-state index is 14.0. The number of rotatable bonds is 6. The van der Waals surface area contributed by atoms with Crippen LogP contribution in [0.5, 0.6) is 0 Å². The van der Waals surface area contributed by atoms with E-state index >= 15 is 0 Å². The van der Waals surface area contributed by atoms with Gasteiger partial charge in [0.1, 0.15) is 0 Å². The van der Waals surface area contributed by atoms with Gasteiger partial charge in [-0.1, -0.05) is 67.4 Å². The average Bonchev–Trinajstić information content (AvgIpc) is 2.75. The van der Waals surface area contributed by atoms with E-state index in [1.807, 2.05) is 13.0 Å². The van der Waals surface area contributed by atoms with E-state index in [0.717, 1.165) is 54.5 Å². The predicted molar refractivity (Wildman–Crippen MR) is 125 cm³/mol. The summed E-state index contributed by atoms with van der Waals surface area (Å²) in [5.74, 6) is -0.173. The number of esters is 1. The van der Waals surface area contributed by atoms with Crippen molar-refractivity contribution in [1.29, 1.82) is 0 Å². The first-order valence-corrected chi connectivity index (χ1v) is 12.1. The van der Waals surface area contributed by atoms with Crippen molar-refractivity contribution in [2.24, 2.45) is 0 Å². The van der Waals surface area contributed by atoms with Crippen LogP contribution in [0.3, 0.4) is 0 Å². The second-order valence-corrected chi connectivity index (χ2v) is 9.68. The Hall–Kier alpha value is -2.34. The molecule has 0 amide bonds. The van der Waals surface area contributed by atoms with Crippen molar-refractivity contribution in [2.45, 2.75) is 69.5 Å². The van der Waals surface area contributed by atoms with Crippen LogP contribution in [0, 0.1) is 0 Å². The Bertz CT molecular complexity index is 1070. The van der Waals surface area contributed by atoms with Gasteiger partial charge < -0.3 is 4.74 Å². The number of allylic oxidation sites excluding steroid dienone is 1. The molecule has 0 atom stereocenters. The molecule has 2 aromatic rings. The molecule has 1 saturated carbocycles. The molecule has 4 rings (SSSR count). The molecular weight excluding hydrogens is 408 g/mol. The molecule has 1 aromatic heterocycles. The van der Waals surface area contributed by atoms with Gasteiger partial charge >= 0.3 is 5.97 Å². The van der Waals surface area contributed by atoms with Gasteiger partial charge in [-0.15, -0.1) is 0 Å². The van der Waals surface area contributed by atoms with E-state index in [9.17, 15) is 9.59 Å². The first-order chi connectivity index (χ1) is 14.9. The molecule has 31 heavy (non-hydrogen) atoms. The van der Waals surface area contributed by atoms with E-state index in [-0.39, 0.29) is 22.7 Å². The van der Waals surface area contributed by atoms with E-state index < -0.39 is 0 Å². The van der Waals surface area contributed by atoms with E-state index in [1.165, 1.54) is 23.7 Å². The molecule has 164 valence electrons. The average molecular weight is 439 g/mol. The summed E-state index contributed by atoms with van der Waals surface area (Å²) in [4.78, 5) is 31.0. The maximum absolute atomic E-state index is 14.0. The van der Waals surface area contributed by atoms with Gasteiger partial charge in [0.2, 0.25) is 0 Å². The number of thioether (sulfide) groups is 1. The van der Waals surface area contributed by atoms with E-state index in [4.69, 9.17) is 9.72 Å². The molecule has 1 spiro atoms. The largest absolute Gasteiger partial charge is 0.465 e. The molecule has 0 aliphatic heterocycles. The smallest absolute Gasteiger partial charge is 0.316 e. The van der Waals surface area contributed by atoms with Gasteiger partial charge in [-0.25, -0.2) is 4.98 Å². The highest BCUT2D eigenvalue weighted by atomic mass is 32.2. The summed E-state index contributed by atoms with van der Waals surface area (Å²) in [6.45, 7) is 8.47. The minimum atomic E-state index is -0.300. The highest BCUT2D eigenvalue weighted by Gasteiger charge is 2.43. The SMILES string of the molecule is C=C(C)Cn1c(SCC(=O)OCC)nc2c(c1=O)C1(CCCCC1)Cc1ccccc1-2. The lowest BCUT2D eigenvalue weighted by Gasteiger charge is -2.42. The summed E-state index contributed by atoms with van der Waals surface area (Å²) >= 11 is 1.27. The van der Waals surface area contributed by atoms with Crippen molar-refractivity contribution in [3.63, 3.8) is 0 Å². The normalized spacial score (nSPS) is 16.5. The van der Waals surface area contributed by atoms with Gasteiger partial charge in [-0.2, -0.15) is 0 Å².